The number of aryl methyl sites for hydroxylation is 1. The highest BCUT2D eigenvalue weighted by atomic mass is 32.1. The van der Waals surface area contributed by atoms with E-state index in [1.54, 1.807) is 31.3 Å². The molecule has 0 aliphatic heterocycles. The van der Waals surface area contributed by atoms with Gasteiger partial charge in [-0.1, -0.05) is 13.0 Å². The number of ether oxygens (including phenoxy) is 1. The molecule has 0 saturated carbocycles. The zero-order valence-electron chi connectivity index (χ0n) is 16.5. The summed E-state index contributed by atoms with van der Waals surface area (Å²) in [6.07, 6.45) is 6.32. The van der Waals surface area contributed by atoms with Gasteiger partial charge in [-0.05, 0) is 49.8 Å². The van der Waals surface area contributed by atoms with Gasteiger partial charge >= 0.3 is 5.97 Å². The fraction of sp³-hybridized carbons (Fsp3) is 0.318. The molecule has 0 fully saturated rings. The first-order chi connectivity index (χ1) is 14.6. The van der Waals surface area contributed by atoms with Crippen LogP contribution in [0.3, 0.4) is 0 Å². The Hall–Kier alpha value is -3.31. The van der Waals surface area contributed by atoms with Crippen LogP contribution in [-0.4, -0.2) is 27.9 Å². The van der Waals surface area contributed by atoms with Crippen LogP contribution in [0.15, 0.2) is 30.6 Å². The van der Waals surface area contributed by atoms with Crippen molar-refractivity contribution >= 4 is 39.2 Å². The Bertz CT molecular complexity index is 1160. The highest BCUT2D eigenvalue weighted by Gasteiger charge is 2.27. The topological polar surface area (TPSA) is 105 Å². The molecule has 1 N–H and O–H groups in total. The molecule has 2 aromatic heterocycles. The summed E-state index contributed by atoms with van der Waals surface area (Å²) in [6, 6.07) is 7.28. The maximum Gasteiger partial charge on any atom is 0.341 e. The Labute approximate surface area is 177 Å². The average Bonchev–Trinajstić information content (AvgIpc) is 3.13. The van der Waals surface area contributed by atoms with Gasteiger partial charge in [0.25, 0.3) is 5.91 Å². The van der Waals surface area contributed by atoms with Gasteiger partial charge in [-0.15, -0.1) is 11.3 Å². The Balaban J connectivity index is 1.53. The predicted molar refractivity (Wildman–Crippen MR) is 113 cm³/mol. The lowest BCUT2D eigenvalue weighted by Crippen LogP contribution is -2.32. The molecule has 1 atom stereocenters. The van der Waals surface area contributed by atoms with Gasteiger partial charge in [-0.3, -0.25) is 14.8 Å². The number of aromatic nitrogens is 2. The number of esters is 1. The van der Waals surface area contributed by atoms with Crippen molar-refractivity contribution in [1.29, 1.82) is 5.26 Å². The van der Waals surface area contributed by atoms with E-state index in [1.165, 1.54) is 17.5 Å². The zero-order valence-corrected chi connectivity index (χ0v) is 17.3. The number of fused-ring (bicyclic) bond motifs is 2. The van der Waals surface area contributed by atoms with Crippen LogP contribution in [0.5, 0.6) is 0 Å². The molecule has 8 heteroatoms. The van der Waals surface area contributed by atoms with Crippen LogP contribution >= 0.6 is 11.3 Å². The second-order valence-electron chi connectivity index (χ2n) is 7.05. The number of nitriles is 1. The first-order valence-electron chi connectivity index (χ1n) is 9.88. The largest absolute Gasteiger partial charge is 0.449 e. The molecule has 0 radical (unpaired) electrons. The van der Waals surface area contributed by atoms with E-state index in [9.17, 15) is 14.9 Å². The minimum absolute atomic E-state index is 0.260. The summed E-state index contributed by atoms with van der Waals surface area (Å²) in [4.78, 5) is 35.1. The average molecular weight is 420 g/mol. The number of nitrogens with one attached hydrogen (secondary N) is 1. The van der Waals surface area contributed by atoms with Crippen LogP contribution in [0.1, 0.15) is 52.5 Å². The van der Waals surface area contributed by atoms with E-state index in [1.807, 2.05) is 0 Å². The molecular formula is C22H20N4O3S. The number of hydrogen-bond acceptors (Lipinski definition) is 7. The van der Waals surface area contributed by atoms with Crippen LogP contribution < -0.4 is 5.32 Å². The molecule has 7 nitrogen and oxygen atoms in total. The molecule has 0 bridgehead atoms. The minimum atomic E-state index is -0.977. The van der Waals surface area contributed by atoms with Gasteiger partial charge < -0.3 is 10.1 Å². The van der Waals surface area contributed by atoms with E-state index in [0.29, 0.717) is 28.0 Å². The van der Waals surface area contributed by atoms with E-state index in [2.05, 4.69) is 21.4 Å². The Morgan fingerprint density at radius 3 is 2.87 bits per heavy atom. The molecule has 1 aliphatic rings. The van der Waals surface area contributed by atoms with Gasteiger partial charge in [0.15, 0.2) is 6.10 Å². The van der Waals surface area contributed by atoms with E-state index in [-0.39, 0.29) is 5.56 Å². The molecule has 30 heavy (non-hydrogen) atoms. The number of para-hydroxylation sites is 1. The molecule has 3 aromatic rings. The maximum atomic E-state index is 12.8. The predicted octanol–water partition coefficient (Wildman–Crippen LogP) is 4.02. The lowest BCUT2D eigenvalue weighted by molar-refractivity contribution is -0.124. The van der Waals surface area contributed by atoms with Crippen LogP contribution in [0.4, 0.5) is 5.00 Å². The van der Waals surface area contributed by atoms with Gasteiger partial charge in [0.2, 0.25) is 0 Å². The fourth-order valence-electron chi connectivity index (χ4n) is 3.64. The van der Waals surface area contributed by atoms with Crippen molar-refractivity contribution in [1.82, 2.24) is 9.97 Å². The Morgan fingerprint density at radius 2 is 2.07 bits per heavy atom. The van der Waals surface area contributed by atoms with Crippen molar-refractivity contribution in [2.24, 2.45) is 0 Å². The second-order valence-corrected chi connectivity index (χ2v) is 8.15. The van der Waals surface area contributed by atoms with Crippen molar-refractivity contribution < 1.29 is 14.3 Å². The molecule has 1 aromatic carbocycles. The lowest BCUT2D eigenvalue weighted by Gasteiger charge is -2.16. The smallest absolute Gasteiger partial charge is 0.341 e. The molecular weight excluding hydrogens is 400 g/mol. The summed E-state index contributed by atoms with van der Waals surface area (Å²) in [5.74, 6) is -1.07. The normalized spacial score (nSPS) is 13.9. The number of benzene rings is 1. The minimum Gasteiger partial charge on any atom is -0.449 e. The third-order valence-electron chi connectivity index (χ3n) is 5.15. The molecule has 1 amide bonds. The number of carbonyl (C=O) groups is 2. The molecule has 4 rings (SSSR count). The van der Waals surface area contributed by atoms with Crippen molar-refractivity contribution in [3.05, 3.63) is 52.2 Å². The molecule has 152 valence electrons. The van der Waals surface area contributed by atoms with Crippen LogP contribution in [0, 0.1) is 11.3 Å². The summed E-state index contributed by atoms with van der Waals surface area (Å²) in [7, 11) is 0. The number of rotatable bonds is 5. The van der Waals surface area contributed by atoms with Gasteiger partial charge in [0, 0.05) is 17.3 Å². The third-order valence-corrected chi connectivity index (χ3v) is 6.36. The number of thiophene rings is 1. The number of amides is 1. The fourth-order valence-corrected chi connectivity index (χ4v) is 4.88. The van der Waals surface area contributed by atoms with E-state index < -0.39 is 18.0 Å². The Morgan fingerprint density at radius 1 is 1.27 bits per heavy atom. The summed E-state index contributed by atoms with van der Waals surface area (Å²) in [5, 5.41) is 12.9. The SMILES string of the molecule is CCC(OC(=O)c1cccc2nccnc12)C(=O)Nc1sc2c(c1C#N)CCCC2. The maximum absolute atomic E-state index is 12.8. The standard InChI is InChI=1S/C22H20N4O3S/c1-2-17(29-22(28)14-7-5-8-16-19(14)25-11-10-24-16)20(27)26-21-15(12-23)13-6-3-4-9-18(13)30-21/h5,7-8,10-11,17H,2-4,6,9H2,1H3,(H,26,27). The van der Waals surface area contributed by atoms with Crippen LogP contribution in [-0.2, 0) is 22.4 Å². The molecule has 2 heterocycles. The van der Waals surface area contributed by atoms with Gasteiger partial charge in [-0.2, -0.15) is 5.26 Å². The Kier molecular flexibility index (Phi) is 5.72. The van der Waals surface area contributed by atoms with Gasteiger partial charge in [0.1, 0.15) is 16.6 Å². The summed E-state index contributed by atoms with van der Waals surface area (Å²) in [6.45, 7) is 1.77. The molecule has 1 aliphatic carbocycles. The quantitative estimate of drug-likeness (QED) is 0.625. The first-order valence-corrected chi connectivity index (χ1v) is 10.7. The lowest BCUT2D eigenvalue weighted by atomic mass is 9.96. The number of hydrogen-bond donors (Lipinski definition) is 1. The molecule has 0 spiro atoms. The van der Waals surface area contributed by atoms with Crippen molar-refractivity contribution in [2.45, 2.75) is 45.1 Å². The van der Waals surface area contributed by atoms with E-state index in [4.69, 9.17) is 4.74 Å². The number of anilines is 1. The highest BCUT2D eigenvalue weighted by molar-refractivity contribution is 7.16. The second kappa shape index (κ2) is 8.59. The van der Waals surface area contributed by atoms with Crippen LogP contribution in [0.2, 0.25) is 0 Å². The highest BCUT2D eigenvalue weighted by Crippen LogP contribution is 2.37. The van der Waals surface area contributed by atoms with E-state index in [0.717, 1.165) is 36.1 Å². The molecule has 0 saturated heterocycles. The van der Waals surface area contributed by atoms with E-state index >= 15 is 0 Å². The molecule has 1 unspecified atom stereocenters. The summed E-state index contributed by atoms with van der Waals surface area (Å²) < 4.78 is 5.51. The van der Waals surface area contributed by atoms with Crippen LogP contribution in [0.25, 0.3) is 11.0 Å². The summed E-state index contributed by atoms with van der Waals surface area (Å²) >= 11 is 1.45. The van der Waals surface area contributed by atoms with Crippen molar-refractivity contribution in [3.8, 4) is 6.07 Å². The first kappa shape index (κ1) is 20.0. The number of carbonyl (C=O) groups excluding carboxylic acids is 2. The number of nitrogens with zero attached hydrogens (tertiary/aromatic N) is 3. The monoisotopic (exact) mass is 420 g/mol. The summed E-state index contributed by atoms with van der Waals surface area (Å²) in [5.41, 5.74) is 2.85. The van der Waals surface area contributed by atoms with Crippen molar-refractivity contribution in [2.75, 3.05) is 5.32 Å². The van der Waals surface area contributed by atoms with Gasteiger partial charge in [0.05, 0.1) is 16.6 Å². The zero-order chi connectivity index (χ0) is 21.1. The van der Waals surface area contributed by atoms with Crippen molar-refractivity contribution in [3.63, 3.8) is 0 Å². The third kappa shape index (κ3) is 3.76. The van der Waals surface area contributed by atoms with Gasteiger partial charge in [-0.25, -0.2) is 4.79 Å².